The van der Waals surface area contributed by atoms with Gasteiger partial charge < -0.3 is 18.9 Å². The van der Waals surface area contributed by atoms with E-state index < -0.39 is 18.0 Å². The largest absolute Gasteiger partial charge is 0.496 e. The van der Waals surface area contributed by atoms with Crippen molar-refractivity contribution >= 4 is 18.0 Å². The standard InChI is InChI=1S/C25H30O6/c1-8-30-21(27)14-11-19-9-12-20(13-10-19)25(31-18(5)26)22-17(4)23(28-6)15(2)16(3)24(22)29-7/h9-14,25H,8H2,1-7H3/b14-11+. The van der Waals surface area contributed by atoms with E-state index in [0.29, 0.717) is 12.4 Å². The molecule has 0 radical (unpaired) electrons. The lowest BCUT2D eigenvalue weighted by molar-refractivity contribution is -0.144. The van der Waals surface area contributed by atoms with Crippen LogP contribution in [-0.4, -0.2) is 32.8 Å². The molecule has 1 unspecified atom stereocenters. The molecule has 1 atom stereocenters. The van der Waals surface area contributed by atoms with Crippen LogP contribution in [0, 0.1) is 20.8 Å². The van der Waals surface area contributed by atoms with E-state index in [-0.39, 0.29) is 0 Å². The van der Waals surface area contributed by atoms with Gasteiger partial charge >= 0.3 is 11.9 Å². The number of methoxy groups -OCH3 is 2. The van der Waals surface area contributed by atoms with E-state index in [4.69, 9.17) is 18.9 Å². The van der Waals surface area contributed by atoms with Crippen molar-refractivity contribution in [2.45, 2.75) is 40.7 Å². The van der Waals surface area contributed by atoms with Crippen molar-refractivity contribution in [2.75, 3.05) is 20.8 Å². The van der Waals surface area contributed by atoms with Gasteiger partial charge in [-0.05, 0) is 56.0 Å². The average Bonchev–Trinajstić information content (AvgIpc) is 2.74. The molecule has 166 valence electrons. The van der Waals surface area contributed by atoms with Crippen molar-refractivity contribution in [3.8, 4) is 11.5 Å². The van der Waals surface area contributed by atoms with Crippen LogP contribution in [0.25, 0.3) is 6.08 Å². The number of carbonyl (C=O) groups excluding carboxylic acids is 2. The molecule has 2 rings (SSSR count). The molecule has 0 aliphatic rings. The van der Waals surface area contributed by atoms with Crippen LogP contribution in [0.5, 0.6) is 11.5 Å². The fraction of sp³-hybridized carbons (Fsp3) is 0.360. The Morgan fingerprint density at radius 1 is 0.935 bits per heavy atom. The summed E-state index contributed by atoms with van der Waals surface area (Å²) in [5, 5.41) is 0. The van der Waals surface area contributed by atoms with Crippen molar-refractivity contribution in [2.24, 2.45) is 0 Å². The van der Waals surface area contributed by atoms with Gasteiger partial charge in [0.2, 0.25) is 0 Å². The number of rotatable bonds is 8. The maximum atomic E-state index is 12.0. The molecule has 0 heterocycles. The Labute approximate surface area is 183 Å². The highest BCUT2D eigenvalue weighted by molar-refractivity contribution is 5.87. The van der Waals surface area contributed by atoms with Crippen molar-refractivity contribution in [3.05, 3.63) is 63.7 Å². The van der Waals surface area contributed by atoms with Gasteiger partial charge in [0, 0.05) is 24.1 Å². The molecule has 2 aromatic carbocycles. The van der Waals surface area contributed by atoms with Gasteiger partial charge in [-0.15, -0.1) is 0 Å². The maximum Gasteiger partial charge on any atom is 0.330 e. The highest BCUT2D eigenvalue weighted by atomic mass is 16.5. The summed E-state index contributed by atoms with van der Waals surface area (Å²) >= 11 is 0. The summed E-state index contributed by atoms with van der Waals surface area (Å²) in [5.41, 5.74) is 5.08. The molecule has 0 saturated heterocycles. The predicted octanol–water partition coefficient (Wildman–Crippen LogP) is 4.86. The molecule has 2 aromatic rings. The van der Waals surface area contributed by atoms with Gasteiger partial charge in [-0.2, -0.15) is 0 Å². The summed E-state index contributed by atoms with van der Waals surface area (Å²) in [4.78, 5) is 23.5. The summed E-state index contributed by atoms with van der Waals surface area (Å²) < 4.78 is 22.0. The fourth-order valence-corrected chi connectivity index (χ4v) is 3.60. The molecule has 31 heavy (non-hydrogen) atoms. The summed E-state index contributed by atoms with van der Waals surface area (Å²) in [6.07, 6.45) is 2.38. The summed E-state index contributed by atoms with van der Waals surface area (Å²) in [7, 11) is 3.22. The smallest absolute Gasteiger partial charge is 0.330 e. The van der Waals surface area contributed by atoms with Crippen LogP contribution in [-0.2, 0) is 19.1 Å². The minimum absolute atomic E-state index is 0.326. The van der Waals surface area contributed by atoms with E-state index in [0.717, 1.165) is 39.1 Å². The monoisotopic (exact) mass is 426 g/mol. The van der Waals surface area contributed by atoms with Crippen molar-refractivity contribution < 1.29 is 28.5 Å². The number of esters is 2. The second-order valence-electron chi connectivity index (χ2n) is 7.10. The third kappa shape index (κ3) is 5.45. The SMILES string of the molecule is CCOC(=O)/C=C/c1ccc(C(OC(C)=O)c2c(C)c(OC)c(C)c(C)c2OC)cc1. The Morgan fingerprint density at radius 2 is 1.52 bits per heavy atom. The summed E-state index contributed by atoms with van der Waals surface area (Å²) in [6.45, 7) is 9.31. The van der Waals surface area contributed by atoms with Gasteiger partial charge in [0.1, 0.15) is 11.5 Å². The van der Waals surface area contributed by atoms with E-state index in [2.05, 4.69) is 0 Å². The van der Waals surface area contributed by atoms with E-state index in [9.17, 15) is 9.59 Å². The second kappa shape index (κ2) is 10.7. The molecule has 0 aromatic heterocycles. The molecule has 6 heteroatoms. The van der Waals surface area contributed by atoms with Crippen LogP contribution < -0.4 is 9.47 Å². The quantitative estimate of drug-likeness (QED) is 0.444. The summed E-state index contributed by atoms with van der Waals surface area (Å²) in [6, 6.07) is 7.42. The van der Waals surface area contributed by atoms with Crippen molar-refractivity contribution in [3.63, 3.8) is 0 Å². The van der Waals surface area contributed by atoms with Crippen LogP contribution >= 0.6 is 0 Å². The number of carbonyl (C=O) groups is 2. The van der Waals surface area contributed by atoms with Gasteiger partial charge in [0.15, 0.2) is 6.10 Å². The molecule has 0 N–H and O–H groups in total. The lowest BCUT2D eigenvalue weighted by Crippen LogP contribution is -2.15. The third-order valence-corrected chi connectivity index (χ3v) is 5.12. The minimum Gasteiger partial charge on any atom is -0.496 e. The van der Waals surface area contributed by atoms with Gasteiger partial charge in [0.25, 0.3) is 0 Å². The van der Waals surface area contributed by atoms with Crippen LogP contribution in [0.1, 0.15) is 53.3 Å². The highest BCUT2D eigenvalue weighted by Crippen LogP contribution is 2.44. The minimum atomic E-state index is -0.677. The molecule has 0 saturated carbocycles. The van der Waals surface area contributed by atoms with Crippen LogP contribution in [0.3, 0.4) is 0 Å². The molecule has 0 spiro atoms. The Bertz CT molecular complexity index is 973. The Morgan fingerprint density at radius 3 is 2.03 bits per heavy atom. The molecule has 0 fully saturated rings. The molecule has 6 nitrogen and oxygen atoms in total. The van der Waals surface area contributed by atoms with Crippen LogP contribution in [0.2, 0.25) is 0 Å². The normalized spacial score (nSPS) is 11.8. The van der Waals surface area contributed by atoms with E-state index >= 15 is 0 Å². The molecular weight excluding hydrogens is 396 g/mol. The number of ether oxygens (including phenoxy) is 4. The fourth-order valence-electron chi connectivity index (χ4n) is 3.60. The van der Waals surface area contributed by atoms with Gasteiger partial charge in [-0.1, -0.05) is 24.3 Å². The van der Waals surface area contributed by atoms with Crippen molar-refractivity contribution in [1.82, 2.24) is 0 Å². The van der Waals surface area contributed by atoms with E-state index in [1.165, 1.54) is 13.0 Å². The molecule has 0 amide bonds. The van der Waals surface area contributed by atoms with Gasteiger partial charge in [0.05, 0.1) is 20.8 Å². The summed E-state index contributed by atoms with van der Waals surface area (Å²) in [5.74, 6) is 0.592. The average molecular weight is 427 g/mol. The predicted molar refractivity (Wildman–Crippen MR) is 119 cm³/mol. The molecular formula is C25H30O6. The van der Waals surface area contributed by atoms with Crippen molar-refractivity contribution in [1.29, 1.82) is 0 Å². The van der Waals surface area contributed by atoms with E-state index in [1.807, 2.05) is 45.0 Å². The first-order chi connectivity index (χ1) is 14.7. The third-order valence-electron chi connectivity index (χ3n) is 5.12. The first-order valence-corrected chi connectivity index (χ1v) is 10.1. The molecule has 0 aliphatic heterocycles. The highest BCUT2D eigenvalue weighted by Gasteiger charge is 2.28. The number of hydrogen-bond acceptors (Lipinski definition) is 6. The Balaban J connectivity index is 2.56. The number of hydrogen-bond donors (Lipinski definition) is 0. The van der Waals surface area contributed by atoms with E-state index in [1.54, 1.807) is 27.2 Å². The Hall–Kier alpha value is -3.28. The zero-order valence-electron chi connectivity index (χ0n) is 19.2. The maximum absolute atomic E-state index is 12.0. The zero-order valence-corrected chi connectivity index (χ0v) is 19.2. The first-order valence-electron chi connectivity index (χ1n) is 10.1. The number of benzene rings is 2. The molecule has 0 aliphatic carbocycles. The topological polar surface area (TPSA) is 71.1 Å². The van der Waals surface area contributed by atoms with Gasteiger partial charge in [-0.3, -0.25) is 4.79 Å². The van der Waals surface area contributed by atoms with Crippen LogP contribution in [0.15, 0.2) is 30.3 Å². The lowest BCUT2D eigenvalue weighted by Gasteiger charge is -2.26. The first kappa shape index (κ1) is 24.0. The van der Waals surface area contributed by atoms with Crippen LogP contribution in [0.4, 0.5) is 0 Å². The second-order valence-corrected chi connectivity index (χ2v) is 7.10. The van der Waals surface area contributed by atoms with Gasteiger partial charge in [-0.25, -0.2) is 4.79 Å². The molecule has 0 bridgehead atoms. The zero-order chi connectivity index (χ0) is 23.1. The Kier molecular flexibility index (Phi) is 8.25. The lowest BCUT2D eigenvalue weighted by atomic mass is 9.90.